The van der Waals surface area contributed by atoms with Gasteiger partial charge in [-0.3, -0.25) is 4.79 Å². The summed E-state index contributed by atoms with van der Waals surface area (Å²) in [5.41, 5.74) is 1.80. The van der Waals surface area contributed by atoms with Crippen LogP contribution in [0.1, 0.15) is 54.9 Å². The average Bonchev–Trinajstić information content (AvgIpc) is 2.22. The van der Waals surface area contributed by atoms with E-state index in [0.29, 0.717) is 11.4 Å². The highest BCUT2D eigenvalue weighted by atomic mass is 35.5. The number of hydrogen-bond acceptors (Lipinski definition) is 1. The van der Waals surface area contributed by atoms with Gasteiger partial charge in [-0.05, 0) is 37.1 Å². The topological polar surface area (TPSA) is 17.1 Å². The van der Waals surface area contributed by atoms with E-state index in [2.05, 4.69) is 6.92 Å². The number of carbonyl (C=O) groups excluding carboxylic acids is 1. The third-order valence-corrected chi connectivity index (χ3v) is 2.84. The molecule has 1 aromatic carbocycles. The zero-order valence-electron chi connectivity index (χ0n) is 10.1. The summed E-state index contributed by atoms with van der Waals surface area (Å²) in [6, 6.07) is 5.54. The van der Waals surface area contributed by atoms with Crippen LogP contribution in [-0.4, -0.2) is 5.78 Å². The monoisotopic (exact) mass is 238 g/mol. The fourth-order valence-electron chi connectivity index (χ4n) is 1.75. The number of aryl methyl sites for hydroxylation is 1. The molecule has 0 aromatic heterocycles. The summed E-state index contributed by atoms with van der Waals surface area (Å²) in [5, 5.41) is 0.650. The molecule has 0 amide bonds. The van der Waals surface area contributed by atoms with E-state index in [1.807, 2.05) is 19.1 Å². The van der Waals surface area contributed by atoms with Crippen molar-refractivity contribution < 1.29 is 4.79 Å². The van der Waals surface area contributed by atoms with Gasteiger partial charge in [0.05, 0.1) is 0 Å². The van der Waals surface area contributed by atoms with Crippen LogP contribution in [0.4, 0.5) is 0 Å². The average molecular weight is 239 g/mol. The van der Waals surface area contributed by atoms with Crippen molar-refractivity contribution in [3.63, 3.8) is 0 Å². The van der Waals surface area contributed by atoms with E-state index in [1.165, 1.54) is 12.8 Å². The molecule has 0 aliphatic heterocycles. The van der Waals surface area contributed by atoms with E-state index < -0.39 is 0 Å². The van der Waals surface area contributed by atoms with Crippen LogP contribution >= 0.6 is 11.6 Å². The fourth-order valence-corrected chi connectivity index (χ4v) is 2.04. The second-order valence-electron chi connectivity index (χ2n) is 4.25. The van der Waals surface area contributed by atoms with Gasteiger partial charge in [-0.1, -0.05) is 37.8 Å². The van der Waals surface area contributed by atoms with Crippen molar-refractivity contribution in [1.82, 2.24) is 0 Å². The molecule has 16 heavy (non-hydrogen) atoms. The Morgan fingerprint density at radius 3 is 2.56 bits per heavy atom. The van der Waals surface area contributed by atoms with Crippen LogP contribution < -0.4 is 0 Å². The van der Waals surface area contributed by atoms with Crippen molar-refractivity contribution >= 4 is 17.4 Å². The summed E-state index contributed by atoms with van der Waals surface area (Å²) < 4.78 is 0. The SMILES string of the molecule is CCCCCCC(=O)c1cc(C)cc(Cl)c1. The predicted molar refractivity (Wildman–Crippen MR) is 69.3 cm³/mol. The van der Waals surface area contributed by atoms with Crippen LogP contribution in [0.5, 0.6) is 0 Å². The Kier molecular flexibility index (Phi) is 5.54. The Hall–Kier alpha value is -0.820. The van der Waals surface area contributed by atoms with E-state index >= 15 is 0 Å². The quantitative estimate of drug-likeness (QED) is 0.514. The van der Waals surface area contributed by atoms with E-state index in [1.54, 1.807) is 6.07 Å². The third kappa shape index (κ3) is 4.36. The lowest BCUT2D eigenvalue weighted by Crippen LogP contribution is -1.99. The summed E-state index contributed by atoms with van der Waals surface area (Å²) >= 11 is 5.93. The number of Topliss-reactive ketones (excluding diaryl/α,β-unsaturated/α-hetero) is 1. The molecule has 1 nitrogen and oxygen atoms in total. The molecule has 0 heterocycles. The van der Waals surface area contributed by atoms with Gasteiger partial charge in [0.1, 0.15) is 0 Å². The molecule has 0 atom stereocenters. The van der Waals surface area contributed by atoms with E-state index in [-0.39, 0.29) is 5.78 Å². The number of benzene rings is 1. The summed E-state index contributed by atoms with van der Waals surface area (Å²) in [6.07, 6.45) is 5.17. The van der Waals surface area contributed by atoms with Crippen molar-refractivity contribution in [1.29, 1.82) is 0 Å². The largest absolute Gasteiger partial charge is 0.294 e. The zero-order valence-corrected chi connectivity index (χ0v) is 10.8. The molecule has 0 bridgehead atoms. The maximum absolute atomic E-state index is 11.9. The maximum atomic E-state index is 11.9. The first-order valence-corrected chi connectivity index (χ1v) is 6.31. The van der Waals surface area contributed by atoms with Crippen LogP contribution in [0.25, 0.3) is 0 Å². The van der Waals surface area contributed by atoms with Crippen LogP contribution in [0.3, 0.4) is 0 Å². The van der Waals surface area contributed by atoms with E-state index in [0.717, 1.165) is 24.0 Å². The molecule has 2 heteroatoms. The Morgan fingerprint density at radius 2 is 1.94 bits per heavy atom. The van der Waals surface area contributed by atoms with Gasteiger partial charge in [-0.25, -0.2) is 0 Å². The fraction of sp³-hybridized carbons (Fsp3) is 0.500. The summed E-state index contributed by atoms with van der Waals surface area (Å²) in [6.45, 7) is 4.13. The van der Waals surface area contributed by atoms with Crippen molar-refractivity contribution in [3.8, 4) is 0 Å². The number of ketones is 1. The Morgan fingerprint density at radius 1 is 1.19 bits per heavy atom. The first-order chi connectivity index (χ1) is 7.63. The van der Waals surface area contributed by atoms with Gasteiger partial charge >= 0.3 is 0 Å². The second-order valence-corrected chi connectivity index (χ2v) is 4.69. The van der Waals surface area contributed by atoms with Gasteiger partial charge < -0.3 is 0 Å². The first-order valence-electron chi connectivity index (χ1n) is 5.94. The third-order valence-electron chi connectivity index (χ3n) is 2.62. The van der Waals surface area contributed by atoms with Crippen molar-refractivity contribution in [2.45, 2.75) is 46.0 Å². The zero-order chi connectivity index (χ0) is 12.0. The Bertz CT molecular complexity index is 338. The first kappa shape index (κ1) is 13.2. The highest BCUT2D eigenvalue weighted by molar-refractivity contribution is 6.31. The molecule has 0 aliphatic rings. The molecule has 88 valence electrons. The number of rotatable bonds is 6. The molecule has 1 rings (SSSR count). The van der Waals surface area contributed by atoms with Crippen molar-refractivity contribution in [2.75, 3.05) is 0 Å². The summed E-state index contributed by atoms with van der Waals surface area (Å²) in [4.78, 5) is 11.9. The van der Waals surface area contributed by atoms with Crippen LogP contribution in [0.2, 0.25) is 5.02 Å². The van der Waals surface area contributed by atoms with Crippen LogP contribution in [0, 0.1) is 6.92 Å². The second kappa shape index (κ2) is 6.70. The van der Waals surface area contributed by atoms with Crippen molar-refractivity contribution in [2.24, 2.45) is 0 Å². The van der Waals surface area contributed by atoms with Crippen molar-refractivity contribution in [3.05, 3.63) is 34.3 Å². The highest BCUT2D eigenvalue weighted by Gasteiger charge is 2.06. The van der Waals surface area contributed by atoms with Gasteiger partial charge in [0.25, 0.3) is 0 Å². The molecule has 0 spiro atoms. The summed E-state index contributed by atoms with van der Waals surface area (Å²) in [5.74, 6) is 0.210. The lowest BCUT2D eigenvalue weighted by molar-refractivity contribution is 0.0979. The lowest BCUT2D eigenvalue weighted by Gasteiger charge is -2.03. The van der Waals surface area contributed by atoms with Gasteiger partial charge in [0.15, 0.2) is 5.78 Å². The van der Waals surface area contributed by atoms with Gasteiger partial charge in [0.2, 0.25) is 0 Å². The number of halogens is 1. The highest BCUT2D eigenvalue weighted by Crippen LogP contribution is 2.17. The van der Waals surface area contributed by atoms with E-state index in [9.17, 15) is 4.79 Å². The minimum absolute atomic E-state index is 0.210. The Balaban J connectivity index is 2.52. The lowest BCUT2D eigenvalue weighted by atomic mass is 10.0. The van der Waals surface area contributed by atoms with E-state index in [4.69, 9.17) is 11.6 Å². The smallest absolute Gasteiger partial charge is 0.162 e. The number of carbonyl (C=O) groups is 1. The molecule has 0 aliphatic carbocycles. The maximum Gasteiger partial charge on any atom is 0.162 e. The molecular weight excluding hydrogens is 220 g/mol. The van der Waals surface area contributed by atoms with Gasteiger partial charge in [-0.15, -0.1) is 0 Å². The molecule has 0 fully saturated rings. The number of hydrogen-bond donors (Lipinski definition) is 0. The molecule has 0 radical (unpaired) electrons. The van der Waals surface area contributed by atoms with Gasteiger partial charge in [-0.2, -0.15) is 0 Å². The minimum atomic E-state index is 0.210. The standard InChI is InChI=1S/C14H19ClO/c1-3-4-5-6-7-14(16)12-8-11(2)9-13(15)10-12/h8-10H,3-7H2,1-2H3. The minimum Gasteiger partial charge on any atom is -0.294 e. The van der Waals surface area contributed by atoms with Gasteiger partial charge in [0, 0.05) is 17.0 Å². The molecular formula is C14H19ClO. The normalized spacial score (nSPS) is 10.4. The molecule has 0 saturated heterocycles. The number of unbranched alkanes of at least 4 members (excludes halogenated alkanes) is 3. The van der Waals surface area contributed by atoms with Crippen LogP contribution in [0.15, 0.2) is 18.2 Å². The molecule has 0 saturated carbocycles. The van der Waals surface area contributed by atoms with Crippen LogP contribution in [-0.2, 0) is 0 Å². The molecule has 0 unspecified atom stereocenters. The predicted octanol–water partition coefficient (Wildman–Crippen LogP) is 4.80. The Labute approximate surface area is 103 Å². The summed E-state index contributed by atoms with van der Waals surface area (Å²) in [7, 11) is 0. The molecule has 1 aromatic rings. The molecule has 0 N–H and O–H groups in total.